The van der Waals surface area contributed by atoms with Crippen LogP contribution < -0.4 is 5.32 Å². The van der Waals surface area contributed by atoms with Crippen molar-refractivity contribution in [2.45, 2.75) is 32.8 Å². The molecule has 126 valence electrons. The molecule has 0 heterocycles. The van der Waals surface area contributed by atoms with E-state index in [0.717, 1.165) is 23.1 Å². The number of aliphatic hydroxyl groups excluding tert-OH is 1. The van der Waals surface area contributed by atoms with Crippen LogP contribution in [-0.2, 0) is 17.8 Å². The molecule has 0 saturated carbocycles. The molecule has 2 rings (SSSR count). The van der Waals surface area contributed by atoms with Crippen LogP contribution in [0.4, 0.5) is 0 Å². The summed E-state index contributed by atoms with van der Waals surface area (Å²) in [6, 6.07) is 15.0. The number of ketones is 1. The van der Waals surface area contributed by atoms with E-state index in [2.05, 4.69) is 5.32 Å². The molecule has 0 radical (unpaired) electrons. The molecule has 4 nitrogen and oxygen atoms in total. The fourth-order valence-corrected chi connectivity index (χ4v) is 2.36. The Morgan fingerprint density at radius 1 is 0.917 bits per heavy atom. The van der Waals surface area contributed by atoms with E-state index in [1.54, 1.807) is 12.1 Å². The smallest absolute Gasteiger partial charge is 0.220 e. The summed E-state index contributed by atoms with van der Waals surface area (Å²) >= 11 is 0. The minimum Gasteiger partial charge on any atom is -0.392 e. The SMILES string of the molecule is Cc1ccc(C(=O)CCC(=O)NCCc2ccc(CO)cc2)cc1. The summed E-state index contributed by atoms with van der Waals surface area (Å²) in [5, 5.41) is 11.8. The van der Waals surface area contributed by atoms with E-state index in [-0.39, 0.29) is 31.1 Å². The number of carbonyl (C=O) groups is 2. The Hall–Kier alpha value is -2.46. The van der Waals surface area contributed by atoms with Crippen molar-refractivity contribution in [3.63, 3.8) is 0 Å². The van der Waals surface area contributed by atoms with Gasteiger partial charge >= 0.3 is 0 Å². The van der Waals surface area contributed by atoms with Crippen LogP contribution in [0.3, 0.4) is 0 Å². The first kappa shape index (κ1) is 17.9. The molecular formula is C20H23NO3. The Labute approximate surface area is 142 Å². The third-order valence-electron chi connectivity index (χ3n) is 3.89. The molecule has 0 spiro atoms. The average Bonchev–Trinajstić information content (AvgIpc) is 2.61. The molecule has 0 aliphatic rings. The second-order valence-electron chi connectivity index (χ2n) is 5.86. The number of amides is 1. The van der Waals surface area contributed by atoms with Crippen molar-refractivity contribution in [3.8, 4) is 0 Å². The standard InChI is InChI=1S/C20H23NO3/c1-15-2-8-18(9-3-15)19(23)10-11-20(24)21-13-12-16-4-6-17(14-22)7-5-16/h2-9,22H,10-14H2,1H3,(H,21,24). The number of hydrogen-bond donors (Lipinski definition) is 2. The maximum absolute atomic E-state index is 12.0. The monoisotopic (exact) mass is 325 g/mol. The van der Waals surface area contributed by atoms with Crippen LogP contribution >= 0.6 is 0 Å². The number of carbonyl (C=O) groups excluding carboxylic acids is 2. The fraction of sp³-hybridized carbons (Fsp3) is 0.300. The maximum atomic E-state index is 12.0. The van der Waals surface area contributed by atoms with Crippen molar-refractivity contribution in [1.82, 2.24) is 5.32 Å². The molecule has 2 aromatic rings. The van der Waals surface area contributed by atoms with Gasteiger partial charge in [-0.3, -0.25) is 9.59 Å². The number of benzene rings is 2. The van der Waals surface area contributed by atoms with E-state index < -0.39 is 0 Å². The Bertz CT molecular complexity index is 675. The van der Waals surface area contributed by atoms with Crippen LogP contribution in [-0.4, -0.2) is 23.3 Å². The molecule has 0 aliphatic heterocycles. The van der Waals surface area contributed by atoms with Crippen LogP contribution in [0, 0.1) is 6.92 Å². The first-order valence-corrected chi connectivity index (χ1v) is 8.13. The summed E-state index contributed by atoms with van der Waals surface area (Å²) in [4.78, 5) is 23.8. The molecule has 0 atom stereocenters. The van der Waals surface area contributed by atoms with Gasteiger partial charge in [-0.1, -0.05) is 54.1 Å². The number of aliphatic hydroxyl groups is 1. The van der Waals surface area contributed by atoms with Gasteiger partial charge in [-0.2, -0.15) is 0 Å². The molecule has 4 heteroatoms. The normalized spacial score (nSPS) is 10.4. The van der Waals surface area contributed by atoms with Gasteiger partial charge in [-0.05, 0) is 24.5 Å². The third-order valence-corrected chi connectivity index (χ3v) is 3.89. The van der Waals surface area contributed by atoms with Crippen molar-refractivity contribution in [2.24, 2.45) is 0 Å². The van der Waals surface area contributed by atoms with E-state index in [0.29, 0.717) is 12.1 Å². The van der Waals surface area contributed by atoms with Gasteiger partial charge in [0.15, 0.2) is 5.78 Å². The van der Waals surface area contributed by atoms with E-state index in [1.165, 1.54) is 0 Å². The minimum atomic E-state index is -0.109. The van der Waals surface area contributed by atoms with Crippen molar-refractivity contribution < 1.29 is 14.7 Å². The van der Waals surface area contributed by atoms with Gasteiger partial charge in [0, 0.05) is 24.9 Å². The van der Waals surface area contributed by atoms with Gasteiger partial charge in [0.05, 0.1) is 6.61 Å². The molecule has 24 heavy (non-hydrogen) atoms. The van der Waals surface area contributed by atoms with Gasteiger partial charge in [-0.15, -0.1) is 0 Å². The lowest BCUT2D eigenvalue weighted by Gasteiger charge is -2.06. The minimum absolute atomic E-state index is 0.00950. The highest BCUT2D eigenvalue weighted by atomic mass is 16.3. The molecule has 0 bridgehead atoms. The van der Waals surface area contributed by atoms with Crippen molar-refractivity contribution >= 4 is 11.7 Å². The molecule has 0 unspecified atom stereocenters. The van der Waals surface area contributed by atoms with E-state index in [4.69, 9.17) is 5.11 Å². The van der Waals surface area contributed by atoms with Crippen LogP contribution in [0.5, 0.6) is 0 Å². The Balaban J connectivity index is 1.69. The zero-order valence-corrected chi connectivity index (χ0v) is 13.9. The molecule has 0 fully saturated rings. The summed E-state index contributed by atoms with van der Waals surface area (Å²) < 4.78 is 0. The van der Waals surface area contributed by atoms with Gasteiger partial charge in [0.25, 0.3) is 0 Å². The lowest BCUT2D eigenvalue weighted by atomic mass is 10.0. The van der Waals surface area contributed by atoms with Gasteiger partial charge in [-0.25, -0.2) is 0 Å². The second-order valence-corrected chi connectivity index (χ2v) is 5.86. The van der Waals surface area contributed by atoms with Crippen LogP contribution in [0.1, 0.15) is 39.9 Å². The number of Topliss-reactive ketones (excluding diaryl/α,β-unsaturated/α-hetero) is 1. The van der Waals surface area contributed by atoms with Crippen LogP contribution in [0.25, 0.3) is 0 Å². The molecular weight excluding hydrogens is 302 g/mol. The topological polar surface area (TPSA) is 66.4 Å². The highest BCUT2D eigenvalue weighted by molar-refractivity contribution is 5.97. The first-order valence-electron chi connectivity index (χ1n) is 8.13. The first-order chi connectivity index (χ1) is 11.6. The number of rotatable bonds is 8. The summed E-state index contributed by atoms with van der Waals surface area (Å²) in [6.45, 7) is 2.54. The van der Waals surface area contributed by atoms with Crippen molar-refractivity contribution in [1.29, 1.82) is 0 Å². The van der Waals surface area contributed by atoms with Crippen LogP contribution in [0.2, 0.25) is 0 Å². The molecule has 2 N–H and O–H groups in total. The molecule has 0 aromatic heterocycles. The Kier molecular flexibility index (Phi) is 6.70. The summed E-state index contributed by atoms with van der Waals surface area (Å²) in [6.07, 6.45) is 1.15. The predicted molar refractivity (Wildman–Crippen MR) is 93.8 cm³/mol. The molecule has 0 saturated heterocycles. The highest BCUT2D eigenvalue weighted by Crippen LogP contribution is 2.08. The summed E-state index contributed by atoms with van der Waals surface area (Å²) in [5.41, 5.74) is 3.73. The van der Waals surface area contributed by atoms with Crippen molar-refractivity contribution in [3.05, 3.63) is 70.8 Å². The number of aryl methyl sites for hydroxylation is 1. The van der Waals surface area contributed by atoms with Gasteiger partial charge in [0.2, 0.25) is 5.91 Å². The summed E-state index contributed by atoms with van der Waals surface area (Å²) in [7, 11) is 0. The molecule has 0 aliphatic carbocycles. The predicted octanol–water partition coefficient (Wildman–Crippen LogP) is 2.81. The molecule has 1 amide bonds. The highest BCUT2D eigenvalue weighted by Gasteiger charge is 2.09. The third kappa shape index (κ3) is 5.63. The van der Waals surface area contributed by atoms with Gasteiger partial charge in [0.1, 0.15) is 0 Å². The molecule has 2 aromatic carbocycles. The van der Waals surface area contributed by atoms with Gasteiger partial charge < -0.3 is 10.4 Å². The van der Waals surface area contributed by atoms with E-state index >= 15 is 0 Å². The fourth-order valence-electron chi connectivity index (χ4n) is 2.36. The van der Waals surface area contributed by atoms with Crippen molar-refractivity contribution in [2.75, 3.05) is 6.54 Å². The zero-order chi connectivity index (χ0) is 17.4. The zero-order valence-electron chi connectivity index (χ0n) is 13.9. The largest absolute Gasteiger partial charge is 0.392 e. The Morgan fingerprint density at radius 3 is 2.17 bits per heavy atom. The summed E-state index contributed by atoms with van der Waals surface area (Å²) in [5.74, 6) is -0.118. The van der Waals surface area contributed by atoms with E-state index in [9.17, 15) is 9.59 Å². The lowest BCUT2D eigenvalue weighted by molar-refractivity contribution is -0.121. The van der Waals surface area contributed by atoms with E-state index in [1.807, 2.05) is 43.3 Å². The number of hydrogen-bond acceptors (Lipinski definition) is 3. The Morgan fingerprint density at radius 2 is 1.54 bits per heavy atom. The lowest BCUT2D eigenvalue weighted by Crippen LogP contribution is -2.26. The van der Waals surface area contributed by atoms with Crippen LogP contribution in [0.15, 0.2) is 48.5 Å². The quantitative estimate of drug-likeness (QED) is 0.734. The second kappa shape index (κ2) is 8.99. The average molecular weight is 325 g/mol. The number of nitrogens with one attached hydrogen (secondary N) is 1. The maximum Gasteiger partial charge on any atom is 0.220 e.